The van der Waals surface area contributed by atoms with Gasteiger partial charge in [-0.2, -0.15) is 0 Å². The van der Waals surface area contributed by atoms with Crippen LogP contribution >= 0.6 is 0 Å². The van der Waals surface area contributed by atoms with Gasteiger partial charge in [0, 0.05) is 5.57 Å². The van der Waals surface area contributed by atoms with Crippen molar-refractivity contribution >= 4 is 5.97 Å². The first-order valence-corrected chi connectivity index (χ1v) is 17.4. The lowest BCUT2D eigenvalue weighted by Gasteiger charge is -2.22. The molecule has 5 nitrogen and oxygen atoms in total. The molecule has 40 heavy (non-hydrogen) atoms. The van der Waals surface area contributed by atoms with E-state index < -0.39 is 0 Å². The first-order chi connectivity index (χ1) is 19.5. The Labute approximate surface area is 246 Å². The van der Waals surface area contributed by atoms with Crippen LogP contribution in [-0.4, -0.2) is 46.7 Å². The average molecular weight is 567 g/mol. The molecule has 5 heteroatoms. The topological polar surface area (TPSA) is 76.0 Å². The quantitative estimate of drug-likeness (QED) is 0.0620. The fraction of sp³-hybridized carbons (Fsp3) is 0.914. The second kappa shape index (κ2) is 22.7. The highest BCUT2D eigenvalue weighted by molar-refractivity contribution is 5.90. The van der Waals surface area contributed by atoms with Gasteiger partial charge in [0.1, 0.15) is 6.10 Å². The SMILES string of the molecule is CCCCCCCCCCCC[C@@H](O)[C@H]1CC[C@@H]([C@@H](O)CCCCCCCCCCCCC2=C[C@H](C)OC2=O)[18O]1. The van der Waals surface area contributed by atoms with Crippen LogP contribution in [0.1, 0.15) is 174 Å². The van der Waals surface area contributed by atoms with E-state index in [1.807, 2.05) is 13.0 Å². The molecule has 0 unspecified atom stereocenters. The van der Waals surface area contributed by atoms with Crippen LogP contribution in [0.2, 0.25) is 0 Å². The zero-order chi connectivity index (χ0) is 28.8. The van der Waals surface area contributed by atoms with Crippen LogP contribution in [-0.2, 0) is 14.3 Å². The van der Waals surface area contributed by atoms with Gasteiger partial charge < -0.3 is 19.7 Å². The molecule has 2 aliphatic heterocycles. The van der Waals surface area contributed by atoms with Gasteiger partial charge in [-0.25, -0.2) is 4.79 Å². The van der Waals surface area contributed by atoms with Crippen molar-refractivity contribution < 1.29 is 24.5 Å². The number of hydrogen-bond donors (Lipinski definition) is 2. The Morgan fingerprint density at radius 1 is 0.700 bits per heavy atom. The summed E-state index contributed by atoms with van der Waals surface area (Å²) in [6, 6.07) is 0. The number of ether oxygens (including phenoxy) is 2. The van der Waals surface area contributed by atoms with Crippen molar-refractivity contribution in [2.75, 3.05) is 0 Å². The molecule has 0 spiro atoms. The smallest absolute Gasteiger partial charge is 0.334 e. The Kier molecular flexibility index (Phi) is 20.0. The van der Waals surface area contributed by atoms with Crippen molar-refractivity contribution in [2.24, 2.45) is 0 Å². The summed E-state index contributed by atoms with van der Waals surface area (Å²) < 4.78 is 11.2. The number of carbonyl (C=O) groups is 1. The standard InChI is InChI=1S/C35H64O5/c1-3-4-5-6-7-8-12-15-18-21-24-31(36)33-26-27-34(40-33)32(37)25-22-19-16-13-10-9-11-14-17-20-23-30-28-29(2)39-35(30)38/h28-29,31-34,36-37H,3-27H2,1-2H3/t29-,31+,32-,33+,34-/m0/s1/i40+2. The minimum Gasteiger partial charge on any atom is -0.455 e. The van der Waals surface area contributed by atoms with E-state index in [9.17, 15) is 15.0 Å². The van der Waals surface area contributed by atoms with E-state index in [-0.39, 0.29) is 36.5 Å². The molecule has 2 aliphatic rings. The minimum atomic E-state index is -0.389. The van der Waals surface area contributed by atoms with E-state index in [2.05, 4.69) is 6.92 Å². The maximum absolute atomic E-state index is 11.6. The van der Waals surface area contributed by atoms with Crippen LogP contribution in [0.3, 0.4) is 0 Å². The fourth-order valence-electron chi connectivity index (χ4n) is 6.37. The highest BCUT2D eigenvalue weighted by atomic mass is 18.3. The molecule has 2 N–H and O–H groups in total. The molecule has 2 heterocycles. The van der Waals surface area contributed by atoms with E-state index in [4.69, 9.17) is 9.47 Å². The van der Waals surface area contributed by atoms with Crippen molar-refractivity contribution in [1.82, 2.24) is 0 Å². The number of esters is 1. The van der Waals surface area contributed by atoms with Crippen molar-refractivity contribution in [3.8, 4) is 0 Å². The van der Waals surface area contributed by atoms with Crippen molar-refractivity contribution in [1.29, 1.82) is 0 Å². The van der Waals surface area contributed by atoms with Gasteiger partial charge in [-0.05, 0) is 51.5 Å². The van der Waals surface area contributed by atoms with Crippen molar-refractivity contribution in [2.45, 2.75) is 205 Å². The Balaban J connectivity index is 1.35. The first kappa shape index (κ1) is 35.3. The third-order valence-electron chi connectivity index (χ3n) is 8.98. The van der Waals surface area contributed by atoms with Crippen LogP contribution < -0.4 is 0 Å². The molecule has 0 saturated carbocycles. The molecule has 0 amide bonds. The number of cyclic esters (lactones) is 1. The molecule has 0 aromatic heterocycles. The van der Waals surface area contributed by atoms with Crippen molar-refractivity contribution in [3.63, 3.8) is 0 Å². The largest absolute Gasteiger partial charge is 0.455 e. The maximum Gasteiger partial charge on any atom is 0.334 e. The van der Waals surface area contributed by atoms with E-state index in [1.165, 1.54) is 109 Å². The third-order valence-corrected chi connectivity index (χ3v) is 8.98. The molecular weight excluding hydrogens is 502 g/mol. The lowest BCUT2D eigenvalue weighted by molar-refractivity contribution is -0.139. The summed E-state index contributed by atoms with van der Waals surface area (Å²) in [5.74, 6) is -0.117. The molecule has 1 saturated heterocycles. The summed E-state index contributed by atoms with van der Waals surface area (Å²) in [4.78, 5) is 11.6. The monoisotopic (exact) mass is 566 g/mol. The number of aliphatic hydroxyl groups excluding tert-OH is 2. The Bertz CT molecular complexity index is 662. The Morgan fingerprint density at radius 2 is 1.10 bits per heavy atom. The van der Waals surface area contributed by atoms with Crippen LogP contribution in [0.15, 0.2) is 11.6 Å². The summed E-state index contributed by atoms with van der Waals surface area (Å²) in [7, 11) is 0. The minimum absolute atomic E-state index is 0.0443. The Morgan fingerprint density at radius 3 is 1.50 bits per heavy atom. The summed E-state index contributed by atoms with van der Waals surface area (Å²) in [5, 5.41) is 21.2. The van der Waals surface area contributed by atoms with E-state index in [0.29, 0.717) is 0 Å². The second-order valence-electron chi connectivity index (χ2n) is 12.8. The molecule has 234 valence electrons. The fourth-order valence-corrected chi connectivity index (χ4v) is 6.37. The molecular formula is C35H64O5. The first-order valence-electron chi connectivity index (χ1n) is 17.4. The van der Waals surface area contributed by atoms with Gasteiger partial charge in [0.05, 0.1) is 24.4 Å². The lowest BCUT2D eigenvalue weighted by atomic mass is 10.00. The predicted octanol–water partition coefficient (Wildman–Crippen LogP) is 9.12. The number of aliphatic hydroxyl groups is 2. The summed E-state index contributed by atoms with van der Waals surface area (Å²) >= 11 is 0. The number of rotatable bonds is 26. The molecule has 0 aromatic rings. The molecule has 0 bridgehead atoms. The zero-order valence-corrected chi connectivity index (χ0v) is 26.3. The molecule has 0 aromatic carbocycles. The number of hydrogen-bond acceptors (Lipinski definition) is 5. The zero-order valence-electron chi connectivity index (χ0n) is 26.3. The molecule has 0 radical (unpaired) electrons. The highest BCUT2D eigenvalue weighted by Crippen LogP contribution is 2.28. The Hall–Kier alpha value is -0.910. The van der Waals surface area contributed by atoms with Gasteiger partial charge in [-0.1, -0.05) is 129 Å². The number of carbonyl (C=O) groups excluding carboxylic acids is 1. The summed E-state index contributed by atoms with van der Waals surface area (Å²) in [5.41, 5.74) is 0.870. The molecule has 2 rings (SSSR count). The summed E-state index contributed by atoms with van der Waals surface area (Å²) in [6.45, 7) is 4.18. The molecule has 1 fully saturated rings. The molecule has 0 aliphatic carbocycles. The van der Waals surface area contributed by atoms with Gasteiger partial charge >= 0.3 is 5.97 Å². The van der Waals surface area contributed by atoms with Gasteiger partial charge in [-0.3, -0.25) is 0 Å². The average Bonchev–Trinajstić information content (AvgIpc) is 3.56. The van der Waals surface area contributed by atoms with E-state index in [0.717, 1.165) is 56.9 Å². The molecule has 5 atom stereocenters. The lowest BCUT2D eigenvalue weighted by Crippen LogP contribution is -2.31. The van der Waals surface area contributed by atoms with Crippen LogP contribution in [0.5, 0.6) is 0 Å². The van der Waals surface area contributed by atoms with Gasteiger partial charge in [0.2, 0.25) is 0 Å². The van der Waals surface area contributed by atoms with Crippen molar-refractivity contribution in [3.05, 3.63) is 11.6 Å². The van der Waals surface area contributed by atoms with Gasteiger partial charge in [0.15, 0.2) is 0 Å². The van der Waals surface area contributed by atoms with E-state index in [1.54, 1.807) is 0 Å². The van der Waals surface area contributed by atoms with Crippen LogP contribution in [0.25, 0.3) is 0 Å². The van der Waals surface area contributed by atoms with Crippen LogP contribution in [0.4, 0.5) is 0 Å². The second-order valence-corrected chi connectivity index (χ2v) is 12.8. The maximum atomic E-state index is 11.6. The summed E-state index contributed by atoms with van der Waals surface area (Å²) in [6.07, 6.45) is 30.5. The predicted molar refractivity (Wildman–Crippen MR) is 165 cm³/mol. The van der Waals surface area contributed by atoms with Crippen LogP contribution in [0, 0.1) is 0 Å². The normalized spacial score (nSPS) is 22.4. The van der Waals surface area contributed by atoms with Gasteiger partial charge in [0.25, 0.3) is 0 Å². The third kappa shape index (κ3) is 15.9. The van der Waals surface area contributed by atoms with Gasteiger partial charge in [-0.15, -0.1) is 0 Å². The van der Waals surface area contributed by atoms with E-state index >= 15 is 0 Å². The highest BCUT2D eigenvalue weighted by Gasteiger charge is 2.34. The number of unbranched alkanes of at least 4 members (excludes halogenated alkanes) is 18.